The molecule has 4 fully saturated rings. The maximum atomic E-state index is 14.0. The number of piperazine rings is 1. The largest absolute Gasteiger partial charge is 0.441 e. The van der Waals surface area contributed by atoms with Gasteiger partial charge in [-0.25, -0.2) is 13.2 Å². The standard InChI is InChI=1S/C26H38ClN3O6S/c1-25(2,17-31)29-13-11-28(12-14-29)24(33)36-26(9-10-26)23-16-20(32)15-22(18-3-4-18)30(23)37(34,35)21-7-5-19(27)6-8-21/h5-8,18,20,22-23,31-32H,3-4,9-17H2,1-2H3/t20-,22-,23+/m0/s1. The van der Waals surface area contributed by atoms with Gasteiger partial charge < -0.3 is 19.8 Å². The first kappa shape index (κ1) is 27.1. The van der Waals surface area contributed by atoms with Crippen LogP contribution >= 0.6 is 11.6 Å². The Labute approximate surface area is 224 Å². The van der Waals surface area contributed by atoms with E-state index < -0.39 is 33.9 Å². The summed E-state index contributed by atoms with van der Waals surface area (Å²) in [5.74, 6) is 0.203. The van der Waals surface area contributed by atoms with Crippen LogP contribution < -0.4 is 0 Å². The maximum Gasteiger partial charge on any atom is 0.410 e. The number of carbonyl (C=O) groups excluding carboxylic acids is 1. The second kappa shape index (κ2) is 9.95. The molecule has 2 saturated heterocycles. The molecule has 206 valence electrons. The van der Waals surface area contributed by atoms with Gasteiger partial charge in [-0.15, -0.1) is 0 Å². The van der Waals surface area contributed by atoms with Gasteiger partial charge in [-0.1, -0.05) is 11.6 Å². The molecule has 1 aromatic rings. The first-order valence-electron chi connectivity index (χ1n) is 13.3. The summed E-state index contributed by atoms with van der Waals surface area (Å²) in [6, 6.07) is 5.22. The SMILES string of the molecule is CC(C)(CO)N1CCN(C(=O)OC2([C@H]3C[C@@H](O)C[C@@H](C4CC4)N3S(=O)(=O)c3ccc(Cl)cc3)CC2)CC1. The molecule has 2 aliphatic carbocycles. The Bertz CT molecular complexity index is 1100. The number of hydrogen-bond acceptors (Lipinski definition) is 7. The van der Waals surface area contributed by atoms with E-state index in [9.17, 15) is 23.4 Å². The van der Waals surface area contributed by atoms with Gasteiger partial charge in [-0.3, -0.25) is 4.90 Å². The smallest absolute Gasteiger partial charge is 0.410 e. The molecule has 0 aromatic heterocycles. The van der Waals surface area contributed by atoms with Gasteiger partial charge in [0.1, 0.15) is 5.60 Å². The van der Waals surface area contributed by atoms with Crippen molar-refractivity contribution >= 4 is 27.7 Å². The minimum Gasteiger partial charge on any atom is -0.441 e. The number of piperidine rings is 1. The molecule has 11 heteroatoms. The van der Waals surface area contributed by atoms with Crippen molar-refractivity contribution in [1.82, 2.24) is 14.1 Å². The lowest BCUT2D eigenvalue weighted by molar-refractivity contribution is -0.0483. The summed E-state index contributed by atoms with van der Waals surface area (Å²) in [7, 11) is -3.91. The van der Waals surface area contributed by atoms with Crippen molar-refractivity contribution in [2.24, 2.45) is 5.92 Å². The predicted molar refractivity (Wildman–Crippen MR) is 139 cm³/mol. The van der Waals surface area contributed by atoms with Crippen molar-refractivity contribution in [3.8, 4) is 0 Å². The molecule has 1 aromatic carbocycles. The van der Waals surface area contributed by atoms with Crippen molar-refractivity contribution in [3.63, 3.8) is 0 Å². The lowest BCUT2D eigenvalue weighted by atomic mass is 9.89. The quantitative estimate of drug-likeness (QED) is 0.532. The molecular formula is C26H38ClN3O6S. The van der Waals surface area contributed by atoms with E-state index in [4.69, 9.17) is 16.3 Å². The van der Waals surface area contributed by atoms with Crippen LogP contribution in [0.3, 0.4) is 0 Å². The van der Waals surface area contributed by atoms with Gasteiger partial charge in [0, 0.05) is 42.8 Å². The topological polar surface area (TPSA) is 111 Å². The first-order chi connectivity index (χ1) is 17.5. The van der Waals surface area contributed by atoms with Gasteiger partial charge in [0.25, 0.3) is 0 Å². The summed E-state index contributed by atoms with van der Waals surface area (Å²) in [6.45, 7) is 6.18. The molecule has 37 heavy (non-hydrogen) atoms. The Morgan fingerprint density at radius 3 is 2.27 bits per heavy atom. The predicted octanol–water partition coefficient (Wildman–Crippen LogP) is 2.69. The number of aliphatic hydroxyl groups excluding tert-OH is 2. The van der Waals surface area contributed by atoms with Crippen LogP contribution in [0.25, 0.3) is 0 Å². The van der Waals surface area contributed by atoms with Crippen LogP contribution in [0.15, 0.2) is 29.2 Å². The van der Waals surface area contributed by atoms with Gasteiger partial charge in [-0.2, -0.15) is 4.31 Å². The Kier molecular flexibility index (Phi) is 7.30. The highest BCUT2D eigenvalue weighted by atomic mass is 35.5. The van der Waals surface area contributed by atoms with E-state index in [1.165, 1.54) is 12.1 Å². The number of sulfonamides is 1. The molecule has 0 spiro atoms. The molecule has 0 radical (unpaired) electrons. The Hall–Kier alpha value is -1.43. The van der Waals surface area contributed by atoms with Crippen LogP contribution in [0.4, 0.5) is 4.79 Å². The second-order valence-electron chi connectivity index (χ2n) is 11.7. The number of carbonyl (C=O) groups is 1. The van der Waals surface area contributed by atoms with E-state index in [2.05, 4.69) is 4.90 Å². The summed E-state index contributed by atoms with van der Waals surface area (Å²) in [6.07, 6.45) is 2.53. The van der Waals surface area contributed by atoms with Crippen molar-refractivity contribution in [1.29, 1.82) is 0 Å². The van der Waals surface area contributed by atoms with Crippen molar-refractivity contribution in [2.45, 2.75) is 86.6 Å². The minimum atomic E-state index is -3.91. The lowest BCUT2D eigenvalue weighted by Gasteiger charge is -2.47. The second-order valence-corrected chi connectivity index (χ2v) is 14.0. The fourth-order valence-corrected chi connectivity index (χ4v) is 8.01. The molecule has 1 amide bonds. The number of nitrogens with zero attached hydrogens (tertiary/aromatic N) is 3. The molecular weight excluding hydrogens is 518 g/mol. The van der Waals surface area contributed by atoms with Gasteiger partial charge in [0.05, 0.1) is 23.6 Å². The summed E-state index contributed by atoms with van der Waals surface area (Å²) >= 11 is 6.02. The maximum absolute atomic E-state index is 14.0. The fourth-order valence-electron chi connectivity index (χ4n) is 5.93. The van der Waals surface area contributed by atoms with E-state index in [1.807, 2.05) is 13.8 Å². The highest BCUT2D eigenvalue weighted by molar-refractivity contribution is 7.89. The molecule has 0 bridgehead atoms. The molecule has 5 rings (SSSR count). The fraction of sp³-hybridized carbons (Fsp3) is 0.731. The normalized spacial score (nSPS) is 29.2. The zero-order chi connectivity index (χ0) is 26.6. The van der Waals surface area contributed by atoms with Gasteiger partial charge in [0.15, 0.2) is 0 Å². The lowest BCUT2D eigenvalue weighted by Crippen LogP contribution is -2.61. The zero-order valence-corrected chi connectivity index (χ0v) is 23.1. The highest BCUT2D eigenvalue weighted by Crippen LogP contribution is 2.53. The van der Waals surface area contributed by atoms with E-state index in [0.29, 0.717) is 50.5 Å². The molecule has 9 nitrogen and oxygen atoms in total. The molecule has 3 atom stereocenters. The van der Waals surface area contributed by atoms with Crippen LogP contribution in [0.1, 0.15) is 52.4 Å². The highest BCUT2D eigenvalue weighted by Gasteiger charge is 2.62. The van der Waals surface area contributed by atoms with Crippen molar-refractivity contribution < 1.29 is 28.2 Å². The Balaban J connectivity index is 1.37. The van der Waals surface area contributed by atoms with E-state index in [1.54, 1.807) is 21.3 Å². The zero-order valence-electron chi connectivity index (χ0n) is 21.6. The van der Waals surface area contributed by atoms with Crippen molar-refractivity contribution in [2.75, 3.05) is 32.8 Å². The van der Waals surface area contributed by atoms with Crippen LogP contribution in [0, 0.1) is 5.92 Å². The molecule has 2 heterocycles. The first-order valence-corrected chi connectivity index (χ1v) is 15.1. The third-order valence-corrected chi connectivity index (χ3v) is 10.8. The molecule has 2 aliphatic heterocycles. The summed E-state index contributed by atoms with van der Waals surface area (Å²) in [5.41, 5.74) is -1.30. The minimum absolute atomic E-state index is 0.0324. The Morgan fingerprint density at radius 1 is 1.11 bits per heavy atom. The number of halogens is 1. The molecule has 0 unspecified atom stereocenters. The molecule has 2 N–H and O–H groups in total. The van der Waals surface area contributed by atoms with E-state index >= 15 is 0 Å². The number of benzene rings is 1. The van der Waals surface area contributed by atoms with Gasteiger partial charge in [0.2, 0.25) is 10.0 Å². The summed E-state index contributed by atoms with van der Waals surface area (Å²) in [4.78, 5) is 17.3. The third-order valence-electron chi connectivity index (χ3n) is 8.62. The van der Waals surface area contributed by atoms with Gasteiger partial charge in [-0.05, 0) is 82.6 Å². The monoisotopic (exact) mass is 555 g/mol. The summed E-state index contributed by atoms with van der Waals surface area (Å²) < 4.78 is 35.7. The molecule has 4 aliphatic rings. The average molecular weight is 556 g/mol. The molecule has 2 saturated carbocycles. The van der Waals surface area contributed by atoms with Gasteiger partial charge >= 0.3 is 6.09 Å². The average Bonchev–Trinajstić information content (AvgIpc) is 3.79. The number of amides is 1. The van der Waals surface area contributed by atoms with Crippen LogP contribution in [-0.2, 0) is 14.8 Å². The van der Waals surface area contributed by atoms with Crippen LogP contribution in [0.2, 0.25) is 5.02 Å². The van der Waals surface area contributed by atoms with Crippen LogP contribution in [-0.4, -0.2) is 101 Å². The number of hydrogen-bond donors (Lipinski definition) is 2. The number of rotatable bonds is 7. The third kappa shape index (κ3) is 5.38. The number of aliphatic hydroxyl groups is 2. The Morgan fingerprint density at radius 2 is 1.73 bits per heavy atom. The van der Waals surface area contributed by atoms with E-state index in [-0.39, 0.29) is 35.4 Å². The van der Waals surface area contributed by atoms with Crippen LogP contribution in [0.5, 0.6) is 0 Å². The summed E-state index contributed by atoms with van der Waals surface area (Å²) in [5, 5.41) is 20.9. The number of ether oxygens (including phenoxy) is 1. The van der Waals surface area contributed by atoms with Crippen molar-refractivity contribution in [3.05, 3.63) is 29.3 Å². The van der Waals surface area contributed by atoms with E-state index in [0.717, 1.165) is 12.8 Å².